The number of nitriles is 1. The molecule has 0 saturated heterocycles. The van der Waals surface area contributed by atoms with Gasteiger partial charge in [-0.1, -0.05) is 13.8 Å². The van der Waals surface area contributed by atoms with Gasteiger partial charge in [-0.3, -0.25) is 0 Å². The number of rotatable bonds is 6. The number of carboxylic acid groups (broad SMARTS) is 1. The van der Waals surface area contributed by atoms with Crippen molar-refractivity contribution in [3.8, 4) is 6.07 Å². The van der Waals surface area contributed by atoms with E-state index in [-0.39, 0.29) is 0 Å². The van der Waals surface area contributed by atoms with Crippen LogP contribution in [0.15, 0.2) is 12.3 Å². The molecule has 0 bridgehead atoms. The van der Waals surface area contributed by atoms with Crippen LogP contribution in [0.5, 0.6) is 0 Å². The Morgan fingerprint density at radius 1 is 1.59 bits per heavy atom. The smallest absolute Gasteiger partial charge is 0.337 e. The van der Waals surface area contributed by atoms with Crippen LogP contribution in [0.2, 0.25) is 0 Å². The molecule has 0 unspecified atom stereocenters. The summed E-state index contributed by atoms with van der Waals surface area (Å²) in [6, 6.07) is 3.74. The van der Waals surface area contributed by atoms with Crippen molar-refractivity contribution in [1.29, 1.82) is 5.26 Å². The highest BCUT2D eigenvalue weighted by Gasteiger charge is 2.15. The van der Waals surface area contributed by atoms with E-state index in [1.54, 1.807) is 12.3 Å². The van der Waals surface area contributed by atoms with Gasteiger partial charge in [0.25, 0.3) is 0 Å². The normalized spacial score (nSPS) is 10.5. The Hall–Kier alpha value is -1.76. The lowest BCUT2D eigenvalue weighted by Crippen LogP contribution is -2.10. The van der Waals surface area contributed by atoms with Crippen molar-refractivity contribution in [3.05, 3.63) is 23.5 Å². The molecule has 4 heteroatoms. The van der Waals surface area contributed by atoms with E-state index in [4.69, 9.17) is 10.4 Å². The first-order valence-electron chi connectivity index (χ1n) is 5.84. The van der Waals surface area contributed by atoms with E-state index < -0.39 is 5.97 Å². The van der Waals surface area contributed by atoms with E-state index in [1.807, 2.05) is 4.57 Å². The minimum absolute atomic E-state index is 0.385. The molecule has 0 radical (unpaired) electrons. The van der Waals surface area contributed by atoms with Crippen molar-refractivity contribution in [2.75, 3.05) is 0 Å². The van der Waals surface area contributed by atoms with Crippen molar-refractivity contribution in [1.82, 2.24) is 4.57 Å². The van der Waals surface area contributed by atoms with E-state index >= 15 is 0 Å². The lowest BCUT2D eigenvalue weighted by Gasteiger charge is -2.11. The molecular formula is C13H18N2O2. The van der Waals surface area contributed by atoms with E-state index in [0.717, 1.165) is 18.5 Å². The number of aryl methyl sites for hydroxylation is 1. The molecule has 17 heavy (non-hydrogen) atoms. The zero-order chi connectivity index (χ0) is 12.8. The quantitative estimate of drug-likeness (QED) is 0.769. The molecule has 1 N–H and O–H groups in total. The molecule has 0 fully saturated rings. The Morgan fingerprint density at radius 2 is 2.29 bits per heavy atom. The number of unbranched alkanes of at least 4 members (excludes halogenated alkanes) is 1. The molecule has 0 aromatic carbocycles. The fraction of sp³-hybridized carbons (Fsp3) is 0.538. The average Bonchev–Trinajstić information content (AvgIpc) is 2.61. The van der Waals surface area contributed by atoms with Crippen LogP contribution in [0.1, 0.15) is 42.7 Å². The summed E-state index contributed by atoms with van der Waals surface area (Å²) in [4.78, 5) is 11.1. The predicted molar refractivity (Wildman–Crippen MR) is 64.8 cm³/mol. The first kappa shape index (κ1) is 13.3. The van der Waals surface area contributed by atoms with Crippen molar-refractivity contribution in [3.63, 3.8) is 0 Å². The summed E-state index contributed by atoms with van der Waals surface area (Å²) in [5.41, 5.74) is 1.25. The summed E-state index contributed by atoms with van der Waals surface area (Å²) in [7, 11) is 0. The standard InChI is InChI=1S/C13H18N2O2/c1-10(2)9-12-11(13(16)17)5-8-15(12)7-4-3-6-14/h5,8,10H,3-4,7,9H2,1-2H3,(H,16,17). The van der Waals surface area contributed by atoms with Crippen LogP contribution in [0.25, 0.3) is 0 Å². The summed E-state index contributed by atoms with van der Waals surface area (Å²) < 4.78 is 1.96. The number of aromatic carboxylic acids is 1. The Morgan fingerprint density at radius 3 is 2.82 bits per heavy atom. The molecule has 0 atom stereocenters. The Balaban J connectivity index is 2.89. The summed E-state index contributed by atoms with van der Waals surface area (Å²) >= 11 is 0. The number of carbonyl (C=O) groups is 1. The third kappa shape index (κ3) is 3.63. The zero-order valence-corrected chi connectivity index (χ0v) is 10.3. The first-order valence-corrected chi connectivity index (χ1v) is 5.84. The molecule has 0 spiro atoms. The van der Waals surface area contributed by atoms with Crippen LogP contribution in [-0.4, -0.2) is 15.6 Å². The molecular weight excluding hydrogens is 216 g/mol. The van der Waals surface area contributed by atoms with E-state index in [1.165, 1.54) is 0 Å². The van der Waals surface area contributed by atoms with Crippen LogP contribution >= 0.6 is 0 Å². The van der Waals surface area contributed by atoms with Gasteiger partial charge in [0.1, 0.15) is 0 Å². The van der Waals surface area contributed by atoms with Gasteiger partial charge in [0, 0.05) is 24.9 Å². The van der Waals surface area contributed by atoms with Crippen LogP contribution in [0, 0.1) is 17.2 Å². The predicted octanol–water partition coefficient (Wildman–Crippen LogP) is 2.69. The summed E-state index contributed by atoms with van der Waals surface area (Å²) in [6.45, 7) is 4.85. The lowest BCUT2D eigenvalue weighted by molar-refractivity contribution is 0.0695. The molecule has 0 aliphatic rings. The molecule has 0 saturated carbocycles. The number of hydrogen-bond acceptors (Lipinski definition) is 2. The van der Waals surface area contributed by atoms with Gasteiger partial charge in [-0.25, -0.2) is 4.79 Å². The molecule has 1 aromatic heterocycles. The minimum atomic E-state index is -0.875. The molecule has 4 nitrogen and oxygen atoms in total. The molecule has 1 rings (SSSR count). The topological polar surface area (TPSA) is 66.0 Å². The van der Waals surface area contributed by atoms with E-state index in [2.05, 4.69) is 19.9 Å². The minimum Gasteiger partial charge on any atom is -0.478 e. The van der Waals surface area contributed by atoms with Gasteiger partial charge in [0.2, 0.25) is 0 Å². The molecule has 0 aliphatic carbocycles. The SMILES string of the molecule is CC(C)Cc1c(C(=O)O)ccn1CCCC#N. The van der Waals surface area contributed by atoms with Gasteiger partial charge in [-0.05, 0) is 24.8 Å². The molecule has 92 valence electrons. The number of hydrogen-bond donors (Lipinski definition) is 1. The molecule has 0 aliphatic heterocycles. The van der Waals surface area contributed by atoms with Crippen LogP contribution in [-0.2, 0) is 13.0 Å². The third-order valence-electron chi connectivity index (χ3n) is 2.60. The maximum atomic E-state index is 11.1. The Bertz CT molecular complexity index is 427. The fourth-order valence-electron chi connectivity index (χ4n) is 1.85. The Labute approximate surface area is 101 Å². The van der Waals surface area contributed by atoms with Gasteiger partial charge in [0.15, 0.2) is 0 Å². The van der Waals surface area contributed by atoms with Crippen LogP contribution < -0.4 is 0 Å². The molecule has 1 aromatic rings. The van der Waals surface area contributed by atoms with Crippen molar-refractivity contribution in [2.24, 2.45) is 5.92 Å². The van der Waals surface area contributed by atoms with Crippen molar-refractivity contribution in [2.45, 2.75) is 39.7 Å². The second-order valence-electron chi connectivity index (χ2n) is 4.53. The van der Waals surface area contributed by atoms with Gasteiger partial charge < -0.3 is 9.67 Å². The van der Waals surface area contributed by atoms with Crippen molar-refractivity contribution < 1.29 is 9.90 Å². The summed E-state index contributed by atoms with van der Waals surface area (Å²) in [6.07, 6.45) is 3.82. The zero-order valence-electron chi connectivity index (χ0n) is 10.3. The highest BCUT2D eigenvalue weighted by molar-refractivity contribution is 5.89. The number of nitrogens with zero attached hydrogens (tertiary/aromatic N) is 2. The highest BCUT2D eigenvalue weighted by atomic mass is 16.4. The second-order valence-corrected chi connectivity index (χ2v) is 4.53. The van der Waals surface area contributed by atoms with Gasteiger partial charge in [0.05, 0.1) is 11.6 Å². The summed E-state index contributed by atoms with van der Waals surface area (Å²) in [5.74, 6) is -0.461. The monoisotopic (exact) mass is 234 g/mol. The van der Waals surface area contributed by atoms with Crippen LogP contribution in [0.4, 0.5) is 0 Å². The van der Waals surface area contributed by atoms with Gasteiger partial charge in [-0.2, -0.15) is 5.26 Å². The second kappa shape index (κ2) is 6.09. The fourth-order valence-corrected chi connectivity index (χ4v) is 1.85. The molecule has 0 amide bonds. The largest absolute Gasteiger partial charge is 0.478 e. The maximum absolute atomic E-state index is 11.1. The first-order chi connectivity index (χ1) is 8.06. The third-order valence-corrected chi connectivity index (χ3v) is 2.60. The maximum Gasteiger partial charge on any atom is 0.337 e. The van der Waals surface area contributed by atoms with E-state index in [9.17, 15) is 4.79 Å². The highest BCUT2D eigenvalue weighted by Crippen LogP contribution is 2.17. The van der Waals surface area contributed by atoms with Gasteiger partial charge in [-0.15, -0.1) is 0 Å². The summed E-state index contributed by atoms with van der Waals surface area (Å²) in [5, 5.41) is 17.6. The van der Waals surface area contributed by atoms with E-state index in [0.29, 0.717) is 24.4 Å². The Kier molecular flexibility index (Phi) is 4.77. The molecule has 1 heterocycles. The van der Waals surface area contributed by atoms with Gasteiger partial charge >= 0.3 is 5.97 Å². The van der Waals surface area contributed by atoms with Crippen LogP contribution in [0.3, 0.4) is 0 Å². The van der Waals surface area contributed by atoms with Crippen molar-refractivity contribution >= 4 is 5.97 Å². The lowest BCUT2D eigenvalue weighted by atomic mass is 10.0. The average molecular weight is 234 g/mol. The number of aromatic nitrogens is 1. The number of carboxylic acids is 1.